The summed E-state index contributed by atoms with van der Waals surface area (Å²) < 4.78 is 0. The van der Waals surface area contributed by atoms with E-state index in [-0.39, 0.29) is 6.17 Å². The van der Waals surface area contributed by atoms with Gasteiger partial charge in [-0.1, -0.05) is 48.6 Å². The molecule has 1 aromatic rings. The van der Waals surface area contributed by atoms with E-state index >= 15 is 0 Å². The zero-order valence-electron chi connectivity index (χ0n) is 9.39. The first-order chi connectivity index (χ1) is 7.86. The quantitative estimate of drug-likeness (QED) is 0.756. The Morgan fingerprint density at radius 2 is 2.00 bits per heavy atom. The van der Waals surface area contributed by atoms with Gasteiger partial charge in [-0.3, -0.25) is 5.32 Å². The Labute approximate surface area is 96.9 Å². The number of nitrogens with two attached hydrogens (primary N) is 1. The van der Waals surface area contributed by atoms with Gasteiger partial charge in [0.1, 0.15) is 0 Å². The molecular formula is C14H18N2. The minimum atomic E-state index is -0.0857. The highest BCUT2D eigenvalue weighted by molar-refractivity contribution is 5.24. The lowest BCUT2D eigenvalue weighted by Crippen LogP contribution is -2.30. The van der Waals surface area contributed by atoms with Crippen LogP contribution in [0.5, 0.6) is 0 Å². The number of nitrogens with one attached hydrogen (secondary N) is 1. The van der Waals surface area contributed by atoms with Crippen LogP contribution in [-0.2, 0) is 0 Å². The molecular weight excluding hydrogens is 196 g/mol. The summed E-state index contributed by atoms with van der Waals surface area (Å²) in [6.45, 7) is 0.840. The van der Waals surface area contributed by atoms with Crippen LogP contribution in [0.2, 0.25) is 0 Å². The van der Waals surface area contributed by atoms with E-state index in [1.165, 1.54) is 5.57 Å². The average Bonchev–Trinajstić information content (AvgIpc) is 2.38. The lowest BCUT2D eigenvalue weighted by Gasteiger charge is -2.15. The molecule has 1 aromatic carbocycles. The molecule has 2 nitrogen and oxygen atoms in total. The molecule has 0 saturated carbocycles. The van der Waals surface area contributed by atoms with E-state index in [0.717, 1.165) is 24.9 Å². The van der Waals surface area contributed by atoms with E-state index < -0.39 is 0 Å². The van der Waals surface area contributed by atoms with Gasteiger partial charge in [0, 0.05) is 6.54 Å². The van der Waals surface area contributed by atoms with Gasteiger partial charge < -0.3 is 5.73 Å². The summed E-state index contributed by atoms with van der Waals surface area (Å²) >= 11 is 0. The average molecular weight is 214 g/mol. The second-order valence-electron chi connectivity index (χ2n) is 4.03. The van der Waals surface area contributed by atoms with Gasteiger partial charge in [-0.15, -0.1) is 0 Å². The second kappa shape index (κ2) is 5.64. The van der Waals surface area contributed by atoms with Crippen molar-refractivity contribution in [2.75, 3.05) is 6.54 Å². The van der Waals surface area contributed by atoms with E-state index in [9.17, 15) is 0 Å². The third-order valence-corrected chi connectivity index (χ3v) is 2.76. The molecule has 2 heteroatoms. The second-order valence-corrected chi connectivity index (χ2v) is 4.03. The summed E-state index contributed by atoms with van der Waals surface area (Å²) in [5.41, 5.74) is 8.51. The molecule has 0 radical (unpaired) electrons. The fraction of sp³-hybridized carbons (Fsp3) is 0.286. The summed E-state index contributed by atoms with van der Waals surface area (Å²) in [5, 5.41) is 3.33. The van der Waals surface area contributed by atoms with Crippen molar-refractivity contribution in [3.63, 3.8) is 0 Å². The minimum Gasteiger partial charge on any atom is -0.312 e. The Kier molecular flexibility index (Phi) is 3.91. The van der Waals surface area contributed by atoms with Crippen molar-refractivity contribution in [2.45, 2.75) is 19.0 Å². The van der Waals surface area contributed by atoms with E-state index in [1.54, 1.807) is 0 Å². The zero-order valence-corrected chi connectivity index (χ0v) is 9.39. The summed E-state index contributed by atoms with van der Waals surface area (Å²) in [6.07, 6.45) is 8.88. The maximum Gasteiger partial charge on any atom is 0.0812 e. The SMILES string of the molecule is NC(NCC1=CCCC=C1)c1ccccc1. The van der Waals surface area contributed by atoms with Gasteiger partial charge in [0.15, 0.2) is 0 Å². The van der Waals surface area contributed by atoms with Gasteiger partial charge in [-0.2, -0.15) is 0 Å². The third kappa shape index (κ3) is 3.05. The Bertz CT molecular complexity index is 379. The topological polar surface area (TPSA) is 38.0 Å². The van der Waals surface area contributed by atoms with Crippen LogP contribution in [0.15, 0.2) is 54.1 Å². The lowest BCUT2D eigenvalue weighted by atomic mass is 10.1. The standard InChI is InChI=1S/C14H18N2/c15-14(13-9-5-2-6-10-13)16-11-12-7-3-1-4-8-12/h2-3,5-10,14,16H,1,4,11,15H2. The molecule has 0 aliphatic heterocycles. The number of rotatable bonds is 4. The number of benzene rings is 1. The molecule has 1 atom stereocenters. The van der Waals surface area contributed by atoms with Crippen molar-refractivity contribution in [3.8, 4) is 0 Å². The predicted octanol–water partition coefficient (Wildman–Crippen LogP) is 2.51. The number of hydrogen-bond donors (Lipinski definition) is 2. The maximum atomic E-state index is 6.05. The van der Waals surface area contributed by atoms with Crippen LogP contribution in [0.4, 0.5) is 0 Å². The highest BCUT2D eigenvalue weighted by Gasteiger charge is 2.04. The summed E-state index contributed by atoms with van der Waals surface area (Å²) in [5.74, 6) is 0. The van der Waals surface area contributed by atoms with Gasteiger partial charge in [-0.25, -0.2) is 0 Å². The largest absolute Gasteiger partial charge is 0.312 e. The minimum absolute atomic E-state index is 0.0857. The van der Waals surface area contributed by atoms with Crippen LogP contribution >= 0.6 is 0 Å². The first-order valence-electron chi connectivity index (χ1n) is 5.76. The maximum absolute atomic E-state index is 6.05. The molecule has 0 amide bonds. The zero-order chi connectivity index (χ0) is 11.2. The smallest absolute Gasteiger partial charge is 0.0812 e. The lowest BCUT2D eigenvalue weighted by molar-refractivity contribution is 0.583. The Hall–Kier alpha value is -1.38. The molecule has 0 aromatic heterocycles. The number of hydrogen-bond acceptors (Lipinski definition) is 2. The summed E-state index contributed by atoms with van der Waals surface area (Å²) in [6, 6.07) is 10.1. The van der Waals surface area contributed by atoms with Gasteiger partial charge in [-0.05, 0) is 24.0 Å². The van der Waals surface area contributed by atoms with Crippen LogP contribution in [0, 0.1) is 0 Å². The molecule has 2 rings (SSSR count). The van der Waals surface area contributed by atoms with Gasteiger partial charge >= 0.3 is 0 Å². The Morgan fingerprint density at radius 1 is 1.19 bits per heavy atom. The highest BCUT2D eigenvalue weighted by atomic mass is 15.0. The van der Waals surface area contributed by atoms with Crippen molar-refractivity contribution < 1.29 is 0 Å². The van der Waals surface area contributed by atoms with Crippen LogP contribution in [0.25, 0.3) is 0 Å². The summed E-state index contributed by atoms with van der Waals surface area (Å²) in [4.78, 5) is 0. The molecule has 3 N–H and O–H groups in total. The van der Waals surface area contributed by atoms with E-state index in [1.807, 2.05) is 30.3 Å². The van der Waals surface area contributed by atoms with Crippen molar-refractivity contribution in [3.05, 3.63) is 59.7 Å². The molecule has 0 saturated heterocycles. The molecule has 0 bridgehead atoms. The van der Waals surface area contributed by atoms with Gasteiger partial charge in [0.05, 0.1) is 6.17 Å². The summed E-state index contributed by atoms with van der Waals surface area (Å²) in [7, 11) is 0. The van der Waals surface area contributed by atoms with Crippen LogP contribution in [0.3, 0.4) is 0 Å². The van der Waals surface area contributed by atoms with Crippen LogP contribution in [0.1, 0.15) is 24.6 Å². The normalized spacial score (nSPS) is 16.9. The molecule has 0 fully saturated rings. The molecule has 1 unspecified atom stereocenters. The Morgan fingerprint density at radius 3 is 2.69 bits per heavy atom. The monoisotopic (exact) mass is 214 g/mol. The first kappa shape index (κ1) is 11.1. The first-order valence-corrected chi connectivity index (χ1v) is 5.76. The van der Waals surface area contributed by atoms with E-state index in [4.69, 9.17) is 5.73 Å². The Balaban J connectivity index is 1.86. The predicted molar refractivity (Wildman–Crippen MR) is 67.8 cm³/mol. The van der Waals surface area contributed by atoms with Crippen LogP contribution in [-0.4, -0.2) is 6.54 Å². The van der Waals surface area contributed by atoms with Gasteiger partial charge in [0.25, 0.3) is 0 Å². The van der Waals surface area contributed by atoms with Crippen molar-refractivity contribution in [1.29, 1.82) is 0 Å². The number of allylic oxidation sites excluding steroid dienone is 2. The van der Waals surface area contributed by atoms with E-state index in [2.05, 4.69) is 23.5 Å². The van der Waals surface area contributed by atoms with Crippen LogP contribution < -0.4 is 11.1 Å². The van der Waals surface area contributed by atoms with Gasteiger partial charge in [0.2, 0.25) is 0 Å². The van der Waals surface area contributed by atoms with Crippen molar-refractivity contribution in [1.82, 2.24) is 5.32 Å². The molecule has 0 spiro atoms. The molecule has 84 valence electrons. The van der Waals surface area contributed by atoms with E-state index in [0.29, 0.717) is 0 Å². The molecule has 0 heterocycles. The molecule has 1 aliphatic rings. The fourth-order valence-corrected chi connectivity index (χ4v) is 1.80. The molecule has 16 heavy (non-hydrogen) atoms. The van der Waals surface area contributed by atoms with Crippen molar-refractivity contribution in [2.24, 2.45) is 5.73 Å². The fourth-order valence-electron chi connectivity index (χ4n) is 1.80. The highest BCUT2D eigenvalue weighted by Crippen LogP contribution is 2.11. The third-order valence-electron chi connectivity index (χ3n) is 2.76. The van der Waals surface area contributed by atoms with Crippen molar-refractivity contribution >= 4 is 0 Å². The molecule has 1 aliphatic carbocycles.